The van der Waals surface area contributed by atoms with Gasteiger partial charge in [-0.15, -0.1) is 0 Å². The Morgan fingerprint density at radius 1 is 1.37 bits per heavy atom. The lowest BCUT2D eigenvalue weighted by molar-refractivity contribution is 0.317. The SMILES string of the molecule is CCN(CCC(N)=NO)c1cnc2ccccc2n1. The summed E-state index contributed by atoms with van der Waals surface area (Å²) in [5.41, 5.74) is 7.22. The van der Waals surface area contributed by atoms with Crippen molar-refractivity contribution < 1.29 is 5.21 Å². The summed E-state index contributed by atoms with van der Waals surface area (Å²) in [7, 11) is 0. The first kappa shape index (κ1) is 13.1. The van der Waals surface area contributed by atoms with Crippen molar-refractivity contribution >= 4 is 22.7 Å². The van der Waals surface area contributed by atoms with E-state index >= 15 is 0 Å². The summed E-state index contributed by atoms with van der Waals surface area (Å²) in [6, 6.07) is 7.74. The highest BCUT2D eigenvalue weighted by molar-refractivity contribution is 5.80. The average Bonchev–Trinajstić information content (AvgIpc) is 2.47. The van der Waals surface area contributed by atoms with Crippen molar-refractivity contribution in [1.29, 1.82) is 0 Å². The van der Waals surface area contributed by atoms with Crippen LogP contribution in [-0.4, -0.2) is 34.1 Å². The van der Waals surface area contributed by atoms with Crippen LogP contribution in [0.1, 0.15) is 13.3 Å². The largest absolute Gasteiger partial charge is 0.409 e. The topological polar surface area (TPSA) is 87.6 Å². The fourth-order valence-electron chi connectivity index (χ4n) is 1.83. The van der Waals surface area contributed by atoms with Gasteiger partial charge in [-0.1, -0.05) is 17.3 Å². The van der Waals surface area contributed by atoms with Crippen LogP contribution < -0.4 is 10.6 Å². The molecule has 6 heteroatoms. The molecule has 0 atom stereocenters. The molecule has 1 heterocycles. The second-order valence-electron chi connectivity index (χ2n) is 4.14. The molecule has 0 saturated heterocycles. The van der Waals surface area contributed by atoms with E-state index in [9.17, 15) is 0 Å². The first-order chi connectivity index (χ1) is 9.24. The van der Waals surface area contributed by atoms with Gasteiger partial charge in [-0.25, -0.2) is 4.98 Å². The third-order valence-electron chi connectivity index (χ3n) is 2.91. The number of amidine groups is 1. The van der Waals surface area contributed by atoms with Crippen molar-refractivity contribution in [3.8, 4) is 0 Å². The van der Waals surface area contributed by atoms with Gasteiger partial charge < -0.3 is 15.8 Å². The van der Waals surface area contributed by atoms with Gasteiger partial charge in [-0.2, -0.15) is 0 Å². The van der Waals surface area contributed by atoms with E-state index in [0.717, 1.165) is 23.4 Å². The Morgan fingerprint density at radius 2 is 2.11 bits per heavy atom. The lowest BCUT2D eigenvalue weighted by Gasteiger charge is -2.21. The van der Waals surface area contributed by atoms with Crippen LogP contribution in [0.5, 0.6) is 0 Å². The van der Waals surface area contributed by atoms with Crippen LogP contribution in [0, 0.1) is 0 Å². The summed E-state index contributed by atoms with van der Waals surface area (Å²) in [4.78, 5) is 11.0. The molecular weight excluding hydrogens is 242 g/mol. The third-order valence-corrected chi connectivity index (χ3v) is 2.91. The Hall–Kier alpha value is -2.37. The molecule has 1 aromatic heterocycles. The first-order valence-electron chi connectivity index (χ1n) is 6.17. The predicted octanol–water partition coefficient (Wildman–Crippen LogP) is 1.59. The number of nitrogens with zero attached hydrogens (tertiary/aromatic N) is 4. The van der Waals surface area contributed by atoms with Crippen molar-refractivity contribution in [3.63, 3.8) is 0 Å². The summed E-state index contributed by atoms with van der Waals surface area (Å²) < 4.78 is 0. The minimum absolute atomic E-state index is 0.215. The summed E-state index contributed by atoms with van der Waals surface area (Å²) in [6.07, 6.45) is 2.23. The number of aromatic nitrogens is 2. The lowest BCUT2D eigenvalue weighted by atomic mass is 10.3. The highest BCUT2D eigenvalue weighted by Gasteiger charge is 2.08. The highest BCUT2D eigenvalue weighted by Crippen LogP contribution is 2.15. The summed E-state index contributed by atoms with van der Waals surface area (Å²) in [5.74, 6) is 1.01. The molecule has 0 unspecified atom stereocenters. The van der Waals surface area contributed by atoms with Crippen LogP contribution in [0.25, 0.3) is 11.0 Å². The normalized spacial score (nSPS) is 11.7. The number of rotatable bonds is 5. The van der Waals surface area contributed by atoms with Crippen LogP contribution in [0.4, 0.5) is 5.82 Å². The van der Waals surface area contributed by atoms with E-state index in [-0.39, 0.29) is 5.84 Å². The molecule has 0 aliphatic rings. The monoisotopic (exact) mass is 259 g/mol. The molecule has 1 aromatic carbocycles. The van der Waals surface area contributed by atoms with Gasteiger partial charge in [0.1, 0.15) is 11.7 Å². The first-order valence-corrected chi connectivity index (χ1v) is 6.17. The van der Waals surface area contributed by atoms with E-state index in [0.29, 0.717) is 13.0 Å². The molecule has 0 saturated carbocycles. The van der Waals surface area contributed by atoms with Crippen LogP contribution in [0.2, 0.25) is 0 Å². The molecule has 0 aliphatic heterocycles. The van der Waals surface area contributed by atoms with Gasteiger partial charge >= 0.3 is 0 Å². The fourth-order valence-corrected chi connectivity index (χ4v) is 1.83. The number of fused-ring (bicyclic) bond motifs is 1. The maximum absolute atomic E-state index is 8.55. The van der Waals surface area contributed by atoms with Gasteiger partial charge in [0.05, 0.1) is 17.2 Å². The smallest absolute Gasteiger partial charge is 0.147 e. The molecule has 0 aliphatic carbocycles. The third kappa shape index (κ3) is 3.09. The summed E-state index contributed by atoms with van der Waals surface area (Å²) >= 11 is 0. The van der Waals surface area contributed by atoms with Crippen molar-refractivity contribution in [2.24, 2.45) is 10.9 Å². The second-order valence-corrected chi connectivity index (χ2v) is 4.14. The zero-order valence-electron chi connectivity index (χ0n) is 10.8. The van der Waals surface area contributed by atoms with E-state index in [2.05, 4.69) is 15.1 Å². The number of anilines is 1. The van der Waals surface area contributed by atoms with Crippen molar-refractivity contribution in [2.75, 3.05) is 18.0 Å². The predicted molar refractivity (Wildman–Crippen MR) is 75.5 cm³/mol. The zero-order chi connectivity index (χ0) is 13.7. The maximum Gasteiger partial charge on any atom is 0.147 e. The molecule has 2 rings (SSSR count). The Morgan fingerprint density at radius 3 is 2.79 bits per heavy atom. The Bertz CT molecular complexity index is 584. The summed E-state index contributed by atoms with van der Waals surface area (Å²) in [5, 5.41) is 11.5. The Balaban J connectivity index is 2.20. The van der Waals surface area contributed by atoms with E-state index in [1.807, 2.05) is 36.1 Å². The van der Waals surface area contributed by atoms with Crippen LogP contribution in [0.3, 0.4) is 0 Å². The molecule has 6 nitrogen and oxygen atoms in total. The van der Waals surface area contributed by atoms with Crippen LogP contribution >= 0.6 is 0 Å². The molecule has 3 N–H and O–H groups in total. The van der Waals surface area contributed by atoms with E-state index in [4.69, 9.17) is 10.9 Å². The lowest BCUT2D eigenvalue weighted by Crippen LogP contribution is -2.28. The number of para-hydroxylation sites is 2. The van der Waals surface area contributed by atoms with Crippen LogP contribution in [-0.2, 0) is 0 Å². The molecule has 19 heavy (non-hydrogen) atoms. The van der Waals surface area contributed by atoms with Gasteiger partial charge in [-0.05, 0) is 19.1 Å². The minimum Gasteiger partial charge on any atom is -0.409 e. The van der Waals surface area contributed by atoms with Crippen molar-refractivity contribution in [2.45, 2.75) is 13.3 Å². The Kier molecular flexibility index (Phi) is 4.12. The van der Waals surface area contributed by atoms with Crippen LogP contribution in [0.15, 0.2) is 35.6 Å². The second kappa shape index (κ2) is 5.99. The van der Waals surface area contributed by atoms with E-state index in [1.165, 1.54) is 0 Å². The quantitative estimate of drug-likeness (QED) is 0.368. The average molecular weight is 259 g/mol. The molecule has 0 radical (unpaired) electrons. The van der Waals surface area contributed by atoms with E-state index < -0.39 is 0 Å². The van der Waals surface area contributed by atoms with Crippen molar-refractivity contribution in [1.82, 2.24) is 9.97 Å². The number of nitrogens with two attached hydrogens (primary N) is 1. The molecule has 0 bridgehead atoms. The van der Waals surface area contributed by atoms with Crippen molar-refractivity contribution in [3.05, 3.63) is 30.5 Å². The van der Waals surface area contributed by atoms with Gasteiger partial charge in [-0.3, -0.25) is 4.98 Å². The van der Waals surface area contributed by atoms with Gasteiger partial charge in [0.2, 0.25) is 0 Å². The molecule has 100 valence electrons. The van der Waals surface area contributed by atoms with Gasteiger partial charge in [0.15, 0.2) is 0 Å². The molecule has 0 amide bonds. The fraction of sp³-hybridized carbons (Fsp3) is 0.308. The number of benzene rings is 1. The molecule has 0 spiro atoms. The molecular formula is C13H17N5O. The van der Waals surface area contributed by atoms with E-state index in [1.54, 1.807) is 6.20 Å². The number of oxime groups is 1. The molecule has 0 fully saturated rings. The number of hydrogen-bond donors (Lipinski definition) is 2. The minimum atomic E-state index is 0.215. The standard InChI is InChI=1S/C13H17N5O/c1-2-18(8-7-12(14)17-19)13-9-15-10-5-3-4-6-11(10)16-13/h3-6,9,19H,2,7-8H2,1H3,(H2,14,17). The maximum atomic E-state index is 8.55. The van der Waals surface area contributed by atoms with Gasteiger partial charge in [0, 0.05) is 19.5 Å². The summed E-state index contributed by atoms with van der Waals surface area (Å²) in [6.45, 7) is 3.45. The molecule has 2 aromatic rings. The Labute approximate surface area is 111 Å². The highest BCUT2D eigenvalue weighted by atomic mass is 16.4. The number of hydrogen-bond acceptors (Lipinski definition) is 5. The zero-order valence-corrected chi connectivity index (χ0v) is 10.8. The van der Waals surface area contributed by atoms with Gasteiger partial charge in [0.25, 0.3) is 0 Å².